The third-order valence-corrected chi connectivity index (χ3v) is 3.37. The molecule has 0 bridgehead atoms. The summed E-state index contributed by atoms with van der Waals surface area (Å²) in [5, 5.41) is 0. The number of hydrogen-bond acceptors (Lipinski definition) is 2. The van der Waals surface area contributed by atoms with Crippen molar-refractivity contribution < 1.29 is 9.05 Å². The van der Waals surface area contributed by atoms with Gasteiger partial charge in [-0.25, -0.2) is 0 Å². The van der Waals surface area contributed by atoms with E-state index in [0.717, 1.165) is 11.9 Å². The van der Waals surface area contributed by atoms with Crippen LogP contribution in [-0.2, 0) is 11.1 Å². The fraction of sp³-hybridized carbons (Fsp3) is 0.400. The summed E-state index contributed by atoms with van der Waals surface area (Å²) in [4.78, 5) is 0. The summed E-state index contributed by atoms with van der Waals surface area (Å²) >= 11 is 0. The Bertz CT molecular complexity index is 312. The quantitative estimate of drug-likeness (QED) is 0.642. The van der Waals surface area contributed by atoms with Gasteiger partial charge in [0.2, 0.25) is 8.38 Å². The molecule has 1 atom stereocenters. The summed E-state index contributed by atoms with van der Waals surface area (Å²) in [6.07, 6.45) is 0.961. The van der Waals surface area contributed by atoms with Crippen LogP contribution in [0.15, 0.2) is 18.2 Å². The molecule has 0 spiro atoms. The Kier molecular flexibility index (Phi) is 2.52. The van der Waals surface area contributed by atoms with Gasteiger partial charge in [-0.15, -0.1) is 0 Å². The zero-order chi connectivity index (χ0) is 9.26. The Morgan fingerprint density at radius 2 is 2.31 bits per heavy atom. The fourth-order valence-electron chi connectivity index (χ4n) is 1.34. The van der Waals surface area contributed by atoms with Crippen molar-refractivity contribution in [2.45, 2.75) is 20.5 Å². The third-order valence-electron chi connectivity index (χ3n) is 2.04. The first-order valence-electron chi connectivity index (χ1n) is 4.47. The number of rotatable bonds is 1. The van der Waals surface area contributed by atoms with Gasteiger partial charge in [-0.2, -0.15) is 0 Å². The van der Waals surface area contributed by atoms with E-state index in [0.29, 0.717) is 6.61 Å². The van der Waals surface area contributed by atoms with Crippen molar-refractivity contribution in [3.63, 3.8) is 0 Å². The molecule has 0 saturated heterocycles. The van der Waals surface area contributed by atoms with E-state index in [1.165, 1.54) is 11.1 Å². The van der Waals surface area contributed by atoms with Crippen LogP contribution in [0.25, 0.3) is 0 Å². The smallest absolute Gasteiger partial charge is 0.230 e. The normalized spacial score (nSPS) is 20.6. The Morgan fingerprint density at radius 1 is 1.46 bits per heavy atom. The molecule has 70 valence electrons. The summed E-state index contributed by atoms with van der Waals surface area (Å²) in [5.41, 5.74) is 2.43. The highest BCUT2D eigenvalue weighted by atomic mass is 31.2. The van der Waals surface area contributed by atoms with Gasteiger partial charge in [-0.05, 0) is 13.0 Å². The van der Waals surface area contributed by atoms with E-state index in [-0.39, 0.29) is 0 Å². The minimum Gasteiger partial charge on any atom is -0.447 e. The van der Waals surface area contributed by atoms with Gasteiger partial charge in [0.15, 0.2) is 0 Å². The predicted molar refractivity (Wildman–Crippen MR) is 54.1 cm³/mol. The van der Waals surface area contributed by atoms with E-state index in [4.69, 9.17) is 9.05 Å². The van der Waals surface area contributed by atoms with E-state index in [1.807, 2.05) is 6.07 Å². The third kappa shape index (κ3) is 1.84. The summed E-state index contributed by atoms with van der Waals surface area (Å²) in [6.45, 7) is 4.87. The lowest BCUT2D eigenvalue weighted by molar-refractivity contribution is 0.278. The van der Waals surface area contributed by atoms with Gasteiger partial charge < -0.3 is 9.05 Å². The van der Waals surface area contributed by atoms with E-state index in [1.54, 1.807) is 0 Å². The molecule has 0 radical (unpaired) electrons. The molecule has 0 N–H and O–H groups in total. The van der Waals surface area contributed by atoms with Crippen molar-refractivity contribution in [1.82, 2.24) is 0 Å². The Morgan fingerprint density at radius 3 is 3.08 bits per heavy atom. The van der Waals surface area contributed by atoms with Crippen LogP contribution in [0, 0.1) is 6.92 Å². The lowest BCUT2D eigenvalue weighted by Crippen LogP contribution is -2.05. The maximum Gasteiger partial charge on any atom is 0.230 e. The first kappa shape index (κ1) is 8.98. The highest BCUT2D eigenvalue weighted by Crippen LogP contribution is 2.45. The molecule has 1 heterocycles. The maximum atomic E-state index is 5.68. The first-order chi connectivity index (χ1) is 6.29. The molecule has 1 unspecified atom stereocenters. The standard InChI is InChI=1S/C10H13O2P/c1-3-13-11-7-9-6-8(2)4-5-10(9)12-13/h4-6H,3,7H2,1-2H3. The highest BCUT2D eigenvalue weighted by molar-refractivity contribution is 7.47. The molecule has 0 aromatic heterocycles. The molecule has 1 aliphatic rings. The van der Waals surface area contributed by atoms with Crippen LogP contribution >= 0.6 is 8.38 Å². The molecular formula is C10H13O2P. The van der Waals surface area contributed by atoms with Crippen LogP contribution in [0.2, 0.25) is 0 Å². The lowest BCUT2D eigenvalue weighted by atomic mass is 10.1. The molecule has 3 heteroatoms. The fourth-order valence-corrected chi connectivity index (χ4v) is 2.39. The Hall–Kier alpha value is -0.590. The average Bonchev–Trinajstić information content (AvgIpc) is 2.17. The van der Waals surface area contributed by atoms with E-state index in [2.05, 4.69) is 26.0 Å². The van der Waals surface area contributed by atoms with Gasteiger partial charge in [0, 0.05) is 11.7 Å². The molecular weight excluding hydrogens is 183 g/mol. The lowest BCUT2D eigenvalue weighted by Gasteiger charge is -2.24. The van der Waals surface area contributed by atoms with Crippen molar-refractivity contribution in [1.29, 1.82) is 0 Å². The first-order valence-corrected chi connectivity index (χ1v) is 5.84. The van der Waals surface area contributed by atoms with Crippen molar-refractivity contribution in [2.24, 2.45) is 0 Å². The van der Waals surface area contributed by atoms with Gasteiger partial charge >= 0.3 is 0 Å². The molecule has 0 aliphatic carbocycles. The Balaban J connectivity index is 2.26. The van der Waals surface area contributed by atoms with E-state index < -0.39 is 8.38 Å². The monoisotopic (exact) mass is 196 g/mol. The molecule has 1 aliphatic heterocycles. The largest absolute Gasteiger partial charge is 0.447 e. The topological polar surface area (TPSA) is 18.5 Å². The van der Waals surface area contributed by atoms with Crippen LogP contribution in [-0.4, -0.2) is 6.16 Å². The van der Waals surface area contributed by atoms with Crippen LogP contribution < -0.4 is 4.52 Å². The molecule has 0 amide bonds. The molecule has 2 rings (SSSR count). The van der Waals surface area contributed by atoms with Crippen LogP contribution in [0.3, 0.4) is 0 Å². The number of hydrogen-bond donors (Lipinski definition) is 0. The number of fused-ring (bicyclic) bond motifs is 1. The minimum absolute atomic E-state index is 0.666. The van der Waals surface area contributed by atoms with Gasteiger partial charge in [-0.1, -0.05) is 24.6 Å². The van der Waals surface area contributed by atoms with Crippen molar-refractivity contribution in [3.8, 4) is 5.75 Å². The van der Waals surface area contributed by atoms with Crippen LogP contribution in [0.4, 0.5) is 0 Å². The molecule has 13 heavy (non-hydrogen) atoms. The maximum absolute atomic E-state index is 5.68. The van der Waals surface area contributed by atoms with Gasteiger partial charge in [0.05, 0.1) is 6.61 Å². The van der Waals surface area contributed by atoms with E-state index >= 15 is 0 Å². The predicted octanol–water partition coefficient (Wildman–Crippen LogP) is 3.24. The summed E-state index contributed by atoms with van der Waals surface area (Å²) in [7, 11) is -0.666. The second kappa shape index (κ2) is 3.65. The van der Waals surface area contributed by atoms with Gasteiger partial charge in [-0.3, -0.25) is 0 Å². The second-order valence-corrected chi connectivity index (χ2v) is 4.86. The SMILES string of the molecule is CCP1OCc2cc(C)ccc2O1. The number of aryl methyl sites for hydroxylation is 1. The molecule has 2 nitrogen and oxygen atoms in total. The minimum atomic E-state index is -0.666. The molecule has 0 saturated carbocycles. The van der Waals surface area contributed by atoms with Crippen molar-refractivity contribution in [3.05, 3.63) is 29.3 Å². The molecule has 1 aromatic carbocycles. The van der Waals surface area contributed by atoms with Crippen LogP contribution in [0.5, 0.6) is 5.75 Å². The molecule has 0 fully saturated rings. The van der Waals surface area contributed by atoms with Gasteiger partial charge in [0.25, 0.3) is 0 Å². The van der Waals surface area contributed by atoms with Crippen molar-refractivity contribution >= 4 is 8.38 Å². The molecule has 1 aromatic rings. The second-order valence-electron chi connectivity index (χ2n) is 3.12. The number of benzene rings is 1. The average molecular weight is 196 g/mol. The highest BCUT2D eigenvalue weighted by Gasteiger charge is 2.19. The summed E-state index contributed by atoms with van der Waals surface area (Å²) < 4.78 is 11.2. The van der Waals surface area contributed by atoms with Crippen molar-refractivity contribution in [2.75, 3.05) is 6.16 Å². The Labute approximate surface area is 79.8 Å². The summed E-state index contributed by atoms with van der Waals surface area (Å²) in [5.74, 6) is 1.00. The van der Waals surface area contributed by atoms with Gasteiger partial charge in [0.1, 0.15) is 5.75 Å². The zero-order valence-electron chi connectivity index (χ0n) is 7.91. The van der Waals surface area contributed by atoms with Crippen LogP contribution in [0.1, 0.15) is 18.1 Å². The zero-order valence-corrected chi connectivity index (χ0v) is 8.80. The van der Waals surface area contributed by atoms with E-state index in [9.17, 15) is 0 Å². The summed E-state index contributed by atoms with van der Waals surface area (Å²) in [6, 6.07) is 6.24.